The van der Waals surface area contributed by atoms with Gasteiger partial charge >= 0.3 is 0 Å². The Morgan fingerprint density at radius 1 is 1.18 bits per heavy atom. The Balaban J connectivity index is 2.28. The Labute approximate surface area is 96.3 Å². The Morgan fingerprint density at radius 3 is 2.71 bits per heavy atom. The Morgan fingerprint density at radius 2 is 1.94 bits per heavy atom. The quantitative estimate of drug-likeness (QED) is 0.671. The van der Waals surface area contributed by atoms with E-state index in [4.69, 9.17) is 5.73 Å². The number of halogens is 1. The van der Waals surface area contributed by atoms with E-state index in [2.05, 4.69) is 15.0 Å². The molecule has 0 saturated heterocycles. The van der Waals surface area contributed by atoms with Gasteiger partial charge in [-0.15, -0.1) is 0 Å². The highest BCUT2D eigenvalue weighted by Crippen LogP contribution is 2.26. The predicted octanol–water partition coefficient (Wildman–Crippen LogP) is 2.35. The first-order valence-electron chi connectivity index (χ1n) is 5.09. The minimum atomic E-state index is -0.282. The summed E-state index contributed by atoms with van der Waals surface area (Å²) in [4.78, 5) is 11.4. The molecular formula is C12H9FN4. The van der Waals surface area contributed by atoms with E-state index in [9.17, 15) is 4.39 Å². The van der Waals surface area contributed by atoms with Gasteiger partial charge in [-0.2, -0.15) is 0 Å². The van der Waals surface area contributed by atoms with Crippen LogP contribution in [0.3, 0.4) is 0 Å². The number of nitrogens with one attached hydrogen (secondary N) is 1. The van der Waals surface area contributed by atoms with Gasteiger partial charge in [0, 0.05) is 11.6 Å². The molecule has 3 N–H and O–H groups in total. The highest BCUT2D eigenvalue weighted by molar-refractivity contribution is 5.90. The number of hydrogen-bond donors (Lipinski definition) is 2. The standard InChI is InChI=1S/C12H9FN4/c13-8-3-1-7(2-4-8)11-12-9(15-6-16-12)5-10(14)17-11/h1-6H,(H2,14,17)(H,15,16). The third kappa shape index (κ3) is 1.61. The van der Waals surface area contributed by atoms with E-state index < -0.39 is 0 Å². The van der Waals surface area contributed by atoms with Crippen LogP contribution in [0.2, 0.25) is 0 Å². The topological polar surface area (TPSA) is 67.6 Å². The third-order valence-corrected chi connectivity index (χ3v) is 2.54. The molecule has 0 aliphatic carbocycles. The molecule has 0 radical (unpaired) electrons. The van der Waals surface area contributed by atoms with E-state index in [1.807, 2.05) is 0 Å². The van der Waals surface area contributed by atoms with Crippen molar-refractivity contribution < 1.29 is 4.39 Å². The maximum absolute atomic E-state index is 12.9. The van der Waals surface area contributed by atoms with Crippen LogP contribution in [0.4, 0.5) is 10.2 Å². The van der Waals surface area contributed by atoms with Crippen LogP contribution in [0.15, 0.2) is 36.7 Å². The van der Waals surface area contributed by atoms with Crippen molar-refractivity contribution in [2.24, 2.45) is 0 Å². The zero-order valence-electron chi connectivity index (χ0n) is 8.81. The van der Waals surface area contributed by atoms with Gasteiger partial charge in [-0.05, 0) is 24.3 Å². The number of fused-ring (bicyclic) bond motifs is 1. The highest BCUT2D eigenvalue weighted by Gasteiger charge is 2.09. The summed E-state index contributed by atoms with van der Waals surface area (Å²) in [5, 5.41) is 0. The summed E-state index contributed by atoms with van der Waals surface area (Å²) in [5.74, 6) is 0.122. The average Bonchev–Trinajstić information content (AvgIpc) is 2.77. The van der Waals surface area contributed by atoms with E-state index in [1.54, 1.807) is 24.5 Å². The molecule has 3 aromatic rings. The molecule has 5 heteroatoms. The van der Waals surface area contributed by atoms with Crippen molar-refractivity contribution in [2.45, 2.75) is 0 Å². The number of imidazole rings is 1. The first-order valence-corrected chi connectivity index (χ1v) is 5.09. The molecule has 0 unspecified atom stereocenters. The Bertz CT molecular complexity index is 673. The largest absolute Gasteiger partial charge is 0.384 e. The molecule has 3 rings (SSSR count). The molecule has 0 aliphatic heterocycles. The van der Waals surface area contributed by atoms with E-state index in [1.165, 1.54) is 12.1 Å². The minimum Gasteiger partial charge on any atom is -0.384 e. The molecule has 1 aromatic carbocycles. The zero-order chi connectivity index (χ0) is 11.8. The predicted molar refractivity (Wildman–Crippen MR) is 63.7 cm³/mol. The van der Waals surface area contributed by atoms with Crippen LogP contribution in [-0.2, 0) is 0 Å². The lowest BCUT2D eigenvalue weighted by Gasteiger charge is -2.03. The van der Waals surface area contributed by atoms with E-state index in [0.29, 0.717) is 11.5 Å². The molecule has 0 spiro atoms. The number of rotatable bonds is 1. The second kappa shape index (κ2) is 3.55. The van der Waals surface area contributed by atoms with Gasteiger partial charge in [-0.25, -0.2) is 14.4 Å². The second-order valence-corrected chi connectivity index (χ2v) is 3.70. The monoisotopic (exact) mass is 228 g/mol. The van der Waals surface area contributed by atoms with Crippen molar-refractivity contribution in [1.29, 1.82) is 0 Å². The van der Waals surface area contributed by atoms with Crippen LogP contribution in [0, 0.1) is 5.82 Å². The second-order valence-electron chi connectivity index (χ2n) is 3.70. The van der Waals surface area contributed by atoms with Gasteiger partial charge in [0.05, 0.1) is 11.8 Å². The minimum absolute atomic E-state index is 0.282. The van der Waals surface area contributed by atoms with Crippen molar-refractivity contribution in [3.8, 4) is 11.3 Å². The zero-order valence-corrected chi connectivity index (χ0v) is 8.81. The maximum atomic E-state index is 12.9. The Kier molecular flexibility index (Phi) is 2.04. The number of nitrogens with two attached hydrogens (primary N) is 1. The van der Waals surface area contributed by atoms with Crippen molar-refractivity contribution in [2.75, 3.05) is 5.73 Å². The van der Waals surface area contributed by atoms with Gasteiger partial charge < -0.3 is 10.7 Å². The van der Waals surface area contributed by atoms with Crippen LogP contribution in [-0.4, -0.2) is 15.0 Å². The first-order chi connectivity index (χ1) is 8.24. The molecule has 4 nitrogen and oxygen atoms in total. The number of pyridine rings is 1. The summed E-state index contributed by atoms with van der Waals surface area (Å²) in [6.45, 7) is 0. The van der Waals surface area contributed by atoms with E-state index in [0.717, 1.165) is 16.6 Å². The number of H-pyrrole nitrogens is 1. The molecule has 0 amide bonds. The fraction of sp³-hybridized carbons (Fsp3) is 0. The molecular weight excluding hydrogens is 219 g/mol. The molecule has 0 bridgehead atoms. The third-order valence-electron chi connectivity index (χ3n) is 2.54. The molecule has 17 heavy (non-hydrogen) atoms. The fourth-order valence-corrected chi connectivity index (χ4v) is 1.77. The molecule has 0 saturated carbocycles. The summed E-state index contributed by atoms with van der Waals surface area (Å²) in [6, 6.07) is 7.81. The summed E-state index contributed by atoms with van der Waals surface area (Å²) in [7, 11) is 0. The van der Waals surface area contributed by atoms with Gasteiger partial charge in [0.25, 0.3) is 0 Å². The molecule has 0 atom stereocenters. The fourth-order valence-electron chi connectivity index (χ4n) is 1.77. The number of aromatic amines is 1. The van der Waals surface area contributed by atoms with Crippen molar-refractivity contribution >= 4 is 16.9 Å². The average molecular weight is 228 g/mol. The maximum Gasteiger partial charge on any atom is 0.126 e. The smallest absolute Gasteiger partial charge is 0.126 e. The van der Waals surface area contributed by atoms with Crippen LogP contribution in [0.1, 0.15) is 0 Å². The Hall–Kier alpha value is -2.43. The van der Waals surface area contributed by atoms with Crippen LogP contribution >= 0.6 is 0 Å². The summed E-state index contributed by atoms with van der Waals surface area (Å²) in [5.41, 5.74) is 8.70. The van der Waals surface area contributed by atoms with E-state index >= 15 is 0 Å². The van der Waals surface area contributed by atoms with Crippen molar-refractivity contribution in [3.63, 3.8) is 0 Å². The van der Waals surface area contributed by atoms with Gasteiger partial charge in [-0.1, -0.05) is 0 Å². The van der Waals surface area contributed by atoms with Gasteiger partial charge in [0.15, 0.2) is 0 Å². The summed E-state index contributed by atoms with van der Waals surface area (Å²) < 4.78 is 12.9. The molecule has 84 valence electrons. The van der Waals surface area contributed by atoms with Gasteiger partial charge in [-0.3, -0.25) is 0 Å². The van der Waals surface area contributed by atoms with Crippen LogP contribution in [0.25, 0.3) is 22.3 Å². The lowest BCUT2D eigenvalue weighted by molar-refractivity contribution is 0.628. The van der Waals surface area contributed by atoms with Crippen LogP contribution < -0.4 is 5.73 Å². The van der Waals surface area contributed by atoms with Crippen molar-refractivity contribution in [3.05, 3.63) is 42.5 Å². The van der Waals surface area contributed by atoms with Crippen molar-refractivity contribution in [1.82, 2.24) is 15.0 Å². The normalized spacial score (nSPS) is 10.9. The molecule has 0 aliphatic rings. The molecule has 2 heterocycles. The van der Waals surface area contributed by atoms with Gasteiger partial charge in [0.1, 0.15) is 22.8 Å². The number of nitrogens with zero attached hydrogens (tertiary/aromatic N) is 2. The SMILES string of the molecule is Nc1cc2[nH]cnc2c(-c2ccc(F)cc2)n1. The first kappa shape index (κ1) is 9.77. The number of hydrogen-bond acceptors (Lipinski definition) is 3. The number of aromatic nitrogens is 3. The highest BCUT2D eigenvalue weighted by atomic mass is 19.1. The number of nitrogen functional groups attached to an aromatic ring is 1. The van der Waals surface area contributed by atoms with Gasteiger partial charge in [0.2, 0.25) is 0 Å². The number of anilines is 1. The summed E-state index contributed by atoms with van der Waals surface area (Å²) >= 11 is 0. The summed E-state index contributed by atoms with van der Waals surface area (Å²) in [6.07, 6.45) is 1.58. The molecule has 0 fully saturated rings. The molecule has 2 aromatic heterocycles. The van der Waals surface area contributed by atoms with Crippen LogP contribution in [0.5, 0.6) is 0 Å². The van der Waals surface area contributed by atoms with E-state index in [-0.39, 0.29) is 5.82 Å². The lowest BCUT2D eigenvalue weighted by Crippen LogP contribution is -1.93. The number of benzene rings is 1. The lowest BCUT2D eigenvalue weighted by atomic mass is 10.1.